The molecule has 1 saturated heterocycles. The largest absolute Gasteiger partial charge is 0.475 e. The lowest BCUT2D eigenvalue weighted by atomic mass is 9.98. The molecule has 4 N–H and O–H groups in total. The number of amides is 2. The summed E-state index contributed by atoms with van der Waals surface area (Å²) >= 11 is 1.55. The number of pyridine rings is 1. The van der Waals surface area contributed by atoms with Gasteiger partial charge in [0.25, 0.3) is 0 Å². The summed E-state index contributed by atoms with van der Waals surface area (Å²) in [6, 6.07) is 17.8. The Labute approximate surface area is 300 Å². The van der Waals surface area contributed by atoms with Crippen LogP contribution in [0.25, 0.3) is 39.1 Å². The van der Waals surface area contributed by atoms with Gasteiger partial charge in [0, 0.05) is 67.7 Å². The number of anilines is 1. The van der Waals surface area contributed by atoms with Gasteiger partial charge in [-0.15, -0.1) is 11.8 Å². The molecule has 51 heavy (non-hydrogen) atoms. The van der Waals surface area contributed by atoms with Crippen molar-refractivity contribution in [1.82, 2.24) is 39.7 Å². The zero-order chi connectivity index (χ0) is 34.8. The summed E-state index contributed by atoms with van der Waals surface area (Å²) in [5, 5.41) is 16.0. The Balaban J connectivity index is 0.00000448. The lowest BCUT2D eigenvalue weighted by Crippen LogP contribution is -2.45. The lowest BCUT2D eigenvalue weighted by molar-refractivity contribution is -0.132. The van der Waals surface area contributed by atoms with E-state index >= 15 is 0 Å². The molecule has 2 aromatic carbocycles. The Hall–Kier alpha value is -5.05. The number of aromatic nitrogens is 6. The maximum atomic E-state index is 13.8. The molecule has 1 fully saturated rings. The van der Waals surface area contributed by atoms with Crippen LogP contribution in [0.4, 0.5) is 5.69 Å². The van der Waals surface area contributed by atoms with Crippen LogP contribution in [-0.2, 0) is 16.6 Å². The number of fused-ring (bicyclic) bond motifs is 1. The number of thioether (sulfide) groups is 1. The number of nitrogens with zero attached hydrogens (tertiary/aromatic N) is 7. The van der Waals surface area contributed by atoms with E-state index in [1.165, 1.54) is 5.57 Å². The van der Waals surface area contributed by atoms with Gasteiger partial charge in [-0.25, -0.2) is 9.97 Å². The van der Waals surface area contributed by atoms with Crippen LogP contribution in [0.15, 0.2) is 73.2 Å². The molecule has 0 aliphatic carbocycles. The molecule has 0 radical (unpaired) electrons. The zero-order valence-electron chi connectivity index (χ0n) is 29.2. The van der Waals surface area contributed by atoms with E-state index in [1.54, 1.807) is 29.0 Å². The van der Waals surface area contributed by atoms with Gasteiger partial charge in [-0.1, -0.05) is 30.3 Å². The Morgan fingerprint density at radius 3 is 2.49 bits per heavy atom. The number of carbonyl (C=O) groups excluding carboxylic acids is 2. The first-order valence-electron chi connectivity index (χ1n) is 16.8. The van der Waals surface area contributed by atoms with Crippen LogP contribution >= 0.6 is 11.8 Å². The van der Waals surface area contributed by atoms with E-state index in [0.29, 0.717) is 56.5 Å². The van der Waals surface area contributed by atoms with Crippen molar-refractivity contribution >= 4 is 45.7 Å². The maximum Gasteiger partial charge on any atom is 0.241 e. The third kappa shape index (κ3) is 7.67. The molecule has 0 spiro atoms. The van der Waals surface area contributed by atoms with Gasteiger partial charge in [0.15, 0.2) is 5.82 Å². The SMILES string of the molecule is CSC1(C(=O)Nc2ccc3[nH]nc(-c4ccc(OC(C)C)nc4)c3c2)CCN(CC(=O)N2CC=C(c3ccc(-c4ncn(C)n4)cc3)CC2)C1.O. The van der Waals surface area contributed by atoms with Crippen molar-refractivity contribution in [3.05, 3.63) is 78.8 Å². The number of aryl methyl sites for hydroxylation is 1. The molecule has 7 rings (SSSR count). The molecule has 14 heteroatoms. The van der Waals surface area contributed by atoms with Gasteiger partial charge in [-0.2, -0.15) is 10.2 Å². The van der Waals surface area contributed by atoms with E-state index in [2.05, 4.69) is 53.7 Å². The summed E-state index contributed by atoms with van der Waals surface area (Å²) in [5.74, 6) is 1.30. The summed E-state index contributed by atoms with van der Waals surface area (Å²) in [6.07, 6.45) is 9.05. The Kier molecular flexibility index (Phi) is 10.6. The highest BCUT2D eigenvalue weighted by atomic mass is 32.2. The van der Waals surface area contributed by atoms with Gasteiger partial charge in [0.2, 0.25) is 17.7 Å². The van der Waals surface area contributed by atoms with Crippen LogP contribution in [0.3, 0.4) is 0 Å². The van der Waals surface area contributed by atoms with E-state index in [0.717, 1.165) is 39.7 Å². The second kappa shape index (κ2) is 15.1. The van der Waals surface area contributed by atoms with E-state index in [4.69, 9.17) is 4.74 Å². The van der Waals surface area contributed by atoms with Crippen molar-refractivity contribution in [3.63, 3.8) is 0 Å². The molecule has 5 aromatic rings. The molecule has 2 aliphatic heterocycles. The summed E-state index contributed by atoms with van der Waals surface area (Å²) in [5.41, 5.74) is 6.52. The molecule has 266 valence electrons. The first-order valence-corrected chi connectivity index (χ1v) is 18.1. The second-order valence-electron chi connectivity index (χ2n) is 13.1. The van der Waals surface area contributed by atoms with Crippen molar-refractivity contribution in [1.29, 1.82) is 0 Å². The predicted octanol–water partition coefficient (Wildman–Crippen LogP) is 4.44. The molecular weight excluding hydrogens is 667 g/mol. The molecule has 1 atom stereocenters. The number of likely N-dealkylation sites (tertiary alicyclic amines) is 1. The average molecular weight is 710 g/mol. The summed E-state index contributed by atoms with van der Waals surface area (Å²) < 4.78 is 6.72. The normalized spacial score (nSPS) is 17.7. The number of nitrogens with one attached hydrogen (secondary N) is 2. The number of aromatic amines is 1. The van der Waals surface area contributed by atoms with Gasteiger partial charge in [-0.3, -0.25) is 24.3 Å². The smallest absolute Gasteiger partial charge is 0.241 e. The number of H-pyrrole nitrogens is 1. The lowest BCUT2D eigenvalue weighted by Gasteiger charge is -2.29. The Morgan fingerprint density at radius 2 is 1.82 bits per heavy atom. The van der Waals surface area contributed by atoms with Crippen LogP contribution in [-0.4, -0.2) is 107 Å². The highest BCUT2D eigenvalue weighted by Gasteiger charge is 2.44. The number of hydrogen-bond donors (Lipinski definition) is 2. The van der Waals surface area contributed by atoms with E-state index < -0.39 is 4.75 Å². The molecular formula is C37H43N9O4S. The molecule has 2 aliphatic rings. The van der Waals surface area contributed by atoms with Crippen LogP contribution in [0.2, 0.25) is 0 Å². The quantitative estimate of drug-likeness (QED) is 0.213. The topological polar surface area (TPSA) is 166 Å². The van der Waals surface area contributed by atoms with Gasteiger partial charge in [0.05, 0.1) is 18.2 Å². The van der Waals surface area contributed by atoms with Crippen LogP contribution < -0.4 is 10.1 Å². The van der Waals surface area contributed by atoms with E-state index in [1.807, 2.05) is 74.5 Å². The predicted molar refractivity (Wildman–Crippen MR) is 200 cm³/mol. The molecule has 0 bridgehead atoms. The first kappa shape index (κ1) is 35.8. The minimum Gasteiger partial charge on any atom is -0.475 e. The fourth-order valence-electron chi connectivity index (χ4n) is 6.58. The molecule has 13 nitrogen and oxygen atoms in total. The van der Waals surface area contributed by atoms with E-state index in [9.17, 15) is 9.59 Å². The van der Waals surface area contributed by atoms with Crippen molar-refractivity contribution < 1.29 is 19.8 Å². The first-order chi connectivity index (χ1) is 24.2. The Morgan fingerprint density at radius 1 is 1.04 bits per heavy atom. The van der Waals surface area contributed by atoms with Crippen LogP contribution in [0, 0.1) is 0 Å². The molecule has 3 aromatic heterocycles. The summed E-state index contributed by atoms with van der Waals surface area (Å²) in [4.78, 5) is 40.0. The van der Waals surface area contributed by atoms with Crippen molar-refractivity contribution in [2.24, 2.45) is 7.05 Å². The van der Waals surface area contributed by atoms with Gasteiger partial charge < -0.3 is 20.4 Å². The number of ether oxygens (including phenoxy) is 1. The van der Waals surface area contributed by atoms with E-state index in [-0.39, 0.29) is 23.4 Å². The highest BCUT2D eigenvalue weighted by molar-refractivity contribution is 8.00. The molecule has 5 heterocycles. The maximum absolute atomic E-state index is 13.8. The summed E-state index contributed by atoms with van der Waals surface area (Å²) in [6.45, 7) is 6.65. The molecule has 0 saturated carbocycles. The van der Waals surface area contributed by atoms with Crippen LogP contribution in [0.5, 0.6) is 5.88 Å². The minimum atomic E-state index is -0.656. The fourth-order valence-corrected chi connectivity index (χ4v) is 7.42. The van der Waals surface area contributed by atoms with Gasteiger partial charge in [0.1, 0.15) is 16.8 Å². The number of rotatable bonds is 10. The third-order valence-corrected chi connectivity index (χ3v) is 10.6. The van der Waals surface area contributed by atoms with Crippen molar-refractivity contribution in [2.45, 2.75) is 37.5 Å². The standard InChI is InChI=1S/C37H41N9O3S.H2O/c1-24(2)49-32-12-9-28(20-38-32)34-30-19-29(10-11-31(30)41-42-34)40-36(48)37(50-4)15-18-45(22-37)21-33(47)46-16-13-26(14-17-46)25-5-7-27(8-6-25)35-39-23-44(3)43-35;/h5-13,19-20,23-24H,14-18,21-22H2,1-4H3,(H,40,48)(H,41,42);1H2. The highest BCUT2D eigenvalue weighted by Crippen LogP contribution is 2.36. The fraction of sp³-hybridized carbons (Fsp3) is 0.351. The number of hydrogen-bond acceptors (Lipinski definition) is 9. The van der Waals surface area contributed by atoms with Gasteiger partial charge in [-0.05, 0) is 68.3 Å². The molecule has 1 unspecified atom stereocenters. The van der Waals surface area contributed by atoms with Crippen molar-refractivity contribution in [3.8, 4) is 28.5 Å². The Bertz CT molecular complexity index is 2040. The molecule has 2 amide bonds. The summed E-state index contributed by atoms with van der Waals surface area (Å²) in [7, 11) is 1.86. The minimum absolute atomic E-state index is 0. The third-order valence-electron chi connectivity index (χ3n) is 9.34. The number of benzene rings is 2. The zero-order valence-corrected chi connectivity index (χ0v) is 30.0. The van der Waals surface area contributed by atoms with Crippen molar-refractivity contribution in [2.75, 3.05) is 44.3 Å². The monoisotopic (exact) mass is 709 g/mol. The second-order valence-corrected chi connectivity index (χ2v) is 14.3. The van der Waals surface area contributed by atoms with Crippen LogP contribution in [0.1, 0.15) is 32.3 Å². The number of carbonyl (C=O) groups is 2. The van der Waals surface area contributed by atoms with Gasteiger partial charge >= 0.3 is 0 Å². The average Bonchev–Trinajstić information content (AvgIpc) is 3.87.